The summed E-state index contributed by atoms with van der Waals surface area (Å²) in [6.45, 7) is -0.577. The van der Waals surface area contributed by atoms with Gasteiger partial charge in [0.1, 0.15) is 5.82 Å². The molecule has 2 heterocycles. The lowest BCUT2D eigenvalue weighted by Crippen LogP contribution is -2.09. The van der Waals surface area contributed by atoms with Crippen molar-refractivity contribution in [1.82, 2.24) is 30.2 Å². The molecule has 0 amide bonds. The summed E-state index contributed by atoms with van der Waals surface area (Å²) in [7, 11) is 0. The highest BCUT2D eigenvalue weighted by Crippen LogP contribution is 2.30. The second kappa shape index (κ2) is 9.19. The largest absolute Gasteiger partial charge is 0.390 e. The van der Waals surface area contributed by atoms with E-state index in [1.807, 2.05) is 6.92 Å². The monoisotopic (exact) mass is 428 g/mol. The van der Waals surface area contributed by atoms with Gasteiger partial charge in [-0.2, -0.15) is 5.21 Å². The van der Waals surface area contributed by atoms with Crippen LogP contribution < -0.4 is 0 Å². The number of tetrazole rings is 1. The highest BCUT2D eigenvalue weighted by molar-refractivity contribution is 6.30. The first-order valence-corrected chi connectivity index (χ1v) is 9.83. The molecule has 4 rings (SSSR count). The van der Waals surface area contributed by atoms with Crippen LogP contribution in [0.1, 0.15) is 45.1 Å². The Bertz CT molecular complexity index is 1390. The molecule has 0 atom stereocenters. The van der Waals surface area contributed by atoms with Gasteiger partial charge in [-0.05, 0) is 28.3 Å². The number of imidazole rings is 1. The lowest BCUT2D eigenvalue weighted by atomic mass is 9.98. The first-order chi connectivity index (χ1) is 17.1. The quantitative estimate of drug-likeness (QED) is 0.437. The third kappa shape index (κ3) is 4.13. The Kier molecular flexibility index (Phi) is 4.31. The van der Waals surface area contributed by atoms with Gasteiger partial charge in [0.05, 0.1) is 20.5 Å². The molecular weight excluding hydrogens is 400 g/mol. The van der Waals surface area contributed by atoms with Crippen LogP contribution in [-0.4, -0.2) is 35.3 Å². The first-order valence-electron chi connectivity index (χ1n) is 12.5. The summed E-state index contributed by atoms with van der Waals surface area (Å²) in [6.07, 6.45) is 2.14. The van der Waals surface area contributed by atoms with E-state index in [1.54, 1.807) is 12.1 Å². The van der Waals surface area contributed by atoms with Crippen molar-refractivity contribution in [2.45, 2.75) is 39.3 Å². The van der Waals surface area contributed by atoms with Crippen molar-refractivity contribution in [3.63, 3.8) is 0 Å². The van der Waals surface area contributed by atoms with E-state index in [2.05, 4.69) is 25.6 Å². The minimum atomic E-state index is -2.10. The van der Waals surface area contributed by atoms with Gasteiger partial charge in [0.15, 0.2) is 5.15 Å². The summed E-state index contributed by atoms with van der Waals surface area (Å²) in [5.41, 5.74) is 1.08. The van der Waals surface area contributed by atoms with Crippen molar-refractivity contribution >= 4 is 11.6 Å². The van der Waals surface area contributed by atoms with Gasteiger partial charge in [-0.15, -0.1) is 10.2 Å². The van der Waals surface area contributed by atoms with E-state index in [-0.39, 0.29) is 45.4 Å². The molecule has 0 saturated carbocycles. The number of nitrogens with zero attached hydrogens (tertiary/aromatic N) is 5. The standard InChI is InChI=1S/C22H23ClN6O/c1-2-3-8-20-24-21(23)19(14-30)29(20)13-15-9-11-16(12-10-15)17-6-4-5-7-18(17)22-25-27-28-26-22/h4-7,9-12,30H,2-3,8,13-14H2,1H3,(H,25,26,27,28)/i4D,5D,6D,7D,13D2. The SMILES string of the molecule is [2H]c1c([2H])c([2H])c(-c2nn[nH]n2)c(-c2ccc(C([2H])([2H])n3c(CCCC)nc(Cl)c3CO)cc2)c1[2H]. The van der Waals surface area contributed by atoms with E-state index in [0.29, 0.717) is 17.8 Å². The molecule has 0 fully saturated rings. The van der Waals surface area contributed by atoms with E-state index in [4.69, 9.17) is 19.8 Å². The number of aliphatic hydroxyl groups excluding tert-OH is 1. The van der Waals surface area contributed by atoms with Gasteiger partial charge < -0.3 is 9.67 Å². The van der Waals surface area contributed by atoms with Crippen molar-refractivity contribution in [3.05, 3.63) is 70.7 Å². The fraction of sp³-hybridized carbons (Fsp3) is 0.273. The molecule has 8 heteroatoms. The number of unbranched alkanes of at least 4 members (excludes halogenated alkanes) is 1. The predicted octanol–water partition coefficient (Wildman–Crippen LogP) is 4.27. The van der Waals surface area contributed by atoms with Gasteiger partial charge in [-0.25, -0.2) is 4.98 Å². The Morgan fingerprint density at radius 1 is 1.20 bits per heavy atom. The molecule has 0 unspecified atom stereocenters. The minimum Gasteiger partial charge on any atom is -0.390 e. The third-order valence-corrected chi connectivity index (χ3v) is 4.87. The van der Waals surface area contributed by atoms with Crippen molar-refractivity contribution in [1.29, 1.82) is 0 Å². The fourth-order valence-electron chi connectivity index (χ4n) is 3.05. The maximum Gasteiger partial charge on any atom is 0.205 e. The van der Waals surface area contributed by atoms with Gasteiger partial charge in [0.25, 0.3) is 0 Å². The van der Waals surface area contributed by atoms with Crippen LogP contribution in [0.25, 0.3) is 22.5 Å². The minimum absolute atomic E-state index is 0.0117. The van der Waals surface area contributed by atoms with Crippen LogP contribution >= 0.6 is 11.6 Å². The number of hydrogen-bond donors (Lipinski definition) is 2. The van der Waals surface area contributed by atoms with Crippen molar-refractivity contribution in [2.24, 2.45) is 0 Å². The van der Waals surface area contributed by atoms with Crippen LogP contribution in [0, 0.1) is 0 Å². The van der Waals surface area contributed by atoms with Crippen LogP contribution in [0.5, 0.6) is 0 Å². The van der Waals surface area contributed by atoms with Crippen LogP contribution in [-0.2, 0) is 19.5 Å². The Morgan fingerprint density at radius 2 is 1.97 bits per heavy atom. The second-order valence-electron chi connectivity index (χ2n) is 6.54. The number of halogens is 1. The lowest BCUT2D eigenvalue weighted by molar-refractivity contribution is 0.271. The zero-order valence-electron chi connectivity index (χ0n) is 22.2. The molecule has 30 heavy (non-hydrogen) atoms. The maximum atomic E-state index is 9.86. The number of rotatable bonds is 8. The van der Waals surface area contributed by atoms with E-state index in [0.717, 1.165) is 12.8 Å². The third-order valence-electron chi connectivity index (χ3n) is 4.57. The van der Waals surface area contributed by atoms with Crippen molar-refractivity contribution in [3.8, 4) is 22.5 Å². The molecule has 0 radical (unpaired) electrons. The second-order valence-corrected chi connectivity index (χ2v) is 6.90. The van der Waals surface area contributed by atoms with E-state index in [9.17, 15) is 5.11 Å². The molecule has 2 aromatic heterocycles. The van der Waals surface area contributed by atoms with E-state index in [1.165, 1.54) is 16.7 Å². The molecule has 2 aromatic carbocycles. The molecule has 0 aliphatic heterocycles. The number of aliphatic hydroxyl groups is 1. The van der Waals surface area contributed by atoms with Gasteiger partial charge in [0, 0.05) is 18.5 Å². The van der Waals surface area contributed by atoms with Gasteiger partial charge in [-0.1, -0.05) is 73.4 Å². The zero-order valence-corrected chi connectivity index (χ0v) is 17.0. The molecule has 0 aliphatic rings. The van der Waals surface area contributed by atoms with E-state index >= 15 is 0 Å². The molecule has 0 saturated heterocycles. The van der Waals surface area contributed by atoms with Crippen molar-refractivity contribution < 1.29 is 13.3 Å². The normalized spacial score (nSPS) is 14.5. The van der Waals surface area contributed by atoms with Crippen LogP contribution in [0.4, 0.5) is 0 Å². The first kappa shape index (κ1) is 14.1. The maximum absolute atomic E-state index is 9.86. The molecule has 0 bridgehead atoms. The number of hydrogen-bond acceptors (Lipinski definition) is 5. The number of aromatic amines is 1. The Balaban J connectivity index is 1.84. The Labute approximate surface area is 188 Å². The molecule has 4 aromatic rings. The number of aromatic nitrogens is 6. The Hall–Kier alpha value is -3.03. The van der Waals surface area contributed by atoms with Crippen LogP contribution in [0.15, 0.2) is 48.4 Å². The highest BCUT2D eigenvalue weighted by atomic mass is 35.5. The van der Waals surface area contributed by atoms with Gasteiger partial charge in [0.2, 0.25) is 5.82 Å². The van der Waals surface area contributed by atoms with Gasteiger partial charge >= 0.3 is 0 Å². The average molecular weight is 429 g/mol. The summed E-state index contributed by atoms with van der Waals surface area (Å²) in [5.74, 6) is 0.439. The predicted molar refractivity (Wildman–Crippen MR) is 116 cm³/mol. The fourth-order valence-corrected chi connectivity index (χ4v) is 3.29. The van der Waals surface area contributed by atoms with Gasteiger partial charge in [-0.3, -0.25) is 0 Å². The van der Waals surface area contributed by atoms with Crippen LogP contribution in [0.3, 0.4) is 0 Å². The molecular formula is C22H23ClN6O. The summed E-state index contributed by atoms with van der Waals surface area (Å²) in [4.78, 5) is 4.28. The Morgan fingerprint density at radius 3 is 2.63 bits per heavy atom. The summed E-state index contributed by atoms with van der Waals surface area (Å²) in [6, 6.07) is 4.74. The summed E-state index contributed by atoms with van der Waals surface area (Å²) < 4.78 is 52.0. The molecule has 2 N–H and O–H groups in total. The smallest absolute Gasteiger partial charge is 0.205 e. The number of benzene rings is 2. The molecule has 0 spiro atoms. The lowest BCUT2D eigenvalue weighted by Gasteiger charge is -2.12. The number of aryl methyl sites for hydroxylation is 1. The summed E-state index contributed by atoms with van der Waals surface area (Å²) >= 11 is 6.20. The number of nitrogens with one attached hydrogen (secondary N) is 1. The topological polar surface area (TPSA) is 92.5 Å². The summed E-state index contributed by atoms with van der Waals surface area (Å²) in [5, 5.41) is 23.5. The van der Waals surface area contributed by atoms with Crippen molar-refractivity contribution in [2.75, 3.05) is 0 Å². The molecule has 0 aliphatic carbocycles. The molecule has 7 nitrogen and oxygen atoms in total. The average Bonchev–Trinajstić information content (AvgIpc) is 3.51. The zero-order chi connectivity index (χ0) is 26.2. The molecule has 154 valence electrons. The van der Waals surface area contributed by atoms with Crippen LogP contribution in [0.2, 0.25) is 5.15 Å². The van der Waals surface area contributed by atoms with E-state index < -0.39 is 25.2 Å². The number of H-pyrrole nitrogens is 1. The highest BCUT2D eigenvalue weighted by Gasteiger charge is 2.16.